The molecular weight excluding hydrogens is 741 g/mol. The molecule has 12 aromatic rings. The fourth-order valence-electron chi connectivity index (χ4n) is 9.11. The van der Waals surface area contributed by atoms with Crippen molar-refractivity contribution in [1.82, 2.24) is 19.6 Å². The number of hydrogen-bond acceptors (Lipinski definition) is 3. The zero-order chi connectivity index (χ0) is 40.3. The predicted octanol–water partition coefficient (Wildman–Crippen LogP) is 14.7. The van der Waals surface area contributed by atoms with Gasteiger partial charge in [-0.25, -0.2) is 14.5 Å². The molecule has 0 bridgehead atoms. The van der Waals surface area contributed by atoms with Crippen molar-refractivity contribution >= 4 is 48.6 Å². The van der Waals surface area contributed by atoms with E-state index in [1.165, 1.54) is 32.3 Å². The van der Waals surface area contributed by atoms with E-state index in [4.69, 9.17) is 15.1 Å². The van der Waals surface area contributed by atoms with Crippen molar-refractivity contribution in [1.29, 1.82) is 0 Å². The van der Waals surface area contributed by atoms with Gasteiger partial charge in [-0.1, -0.05) is 200 Å². The monoisotopic (exact) mass is 776 g/mol. The first kappa shape index (κ1) is 34.8. The molecule has 0 saturated carbocycles. The molecule has 0 saturated heterocycles. The standard InChI is InChI=1S/C57H36N4/c1-4-16-37(17-5-1)51-36-52(59-57(58-51)43-32-33-49-47-26-13-12-24-45(47)46-25-14-15-27-48(46)50(49)34-43)38-28-30-39(31-29-38)53-35-42-22-10-11-23-44(42)56-54(40-18-6-2-7-19-40)55(60-61(53)56)41-20-8-3-9-21-41/h1-36H. The highest BCUT2D eigenvalue weighted by molar-refractivity contribution is 6.25. The smallest absolute Gasteiger partial charge is 0.160 e. The van der Waals surface area contributed by atoms with Gasteiger partial charge in [-0.05, 0) is 61.5 Å². The molecule has 12 rings (SSSR count). The number of fused-ring (bicyclic) bond motifs is 9. The zero-order valence-electron chi connectivity index (χ0n) is 33.1. The summed E-state index contributed by atoms with van der Waals surface area (Å²) in [6.45, 7) is 0. The molecule has 0 N–H and O–H groups in total. The molecule has 0 unspecified atom stereocenters. The first-order valence-electron chi connectivity index (χ1n) is 20.7. The SMILES string of the molecule is c1ccc(-c2cc(-c3ccc(-c4cc5ccccc5c5c(-c6ccccc6)c(-c6ccccc6)nn45)cc3)nc(-c3ccc4c5ccccc5c5ccccc5c4c3)n2)cc1. The van der Waals surface area contributed by atoms with E-state index in [1.54, 1.807) is 0 Å². The van der Waals surface area contributed by atoms with Gasteiger partial charge in [-0.2, -0.15) is 5.10 Å². The first-order chi connectivity index (χ1) is 30.2. The van der Waals surface area contributed by atoms with Crippen molar-refractivity contribution in [3.8, 4) is 67.5 Å². The Kier molecular flexibility index (Phi) is 8.13. The summed E-state index contributed by atoms with van der Waals surface area (Å²) < 4.78 is 2.14. The van der Waals surface area contributed by atoms with Gasteiger partial charge in [0.15, 0.2) is 5.82 Å². The third-order valence-electron chi connectivity index (χ3n) is 12.0. The van der Waals surface area contributed by atoms with Crippen LogP contribution in [-0.4, -0.2) is 19.6 Å². The Hall–Kier alpha value is -8.21. The summed E-state index contributed by atoms with van der Waals surface area (Å²) in [6, 6.07) is 77.3. The van der Waals surface area contributed by atoms with Crippen molar-refractivity contribution in [3.05, 3.63) is 218 Å². The number of pyridine rings is 1. The van der Waals surface area contributed by atoms with Crippen LogP contribution in [0.1, 0.15) is 0 Å². The third kappa shape index (κ3) is 5.88. The highest BCUT2D eigenvalue weighted by atomic mass is 15.2. The molecular formula is C57H36N4. The van der Waals surface area contributed by atoms with Gasteiger partial charge in [0.25, 0.3) is 0 Å². The summed E-state index contributed by atoms with van der Waals surface area (Å²) in [6.07, 6.45) is 0. The molecule has 0 aliphatic rings. The van der Waals surface area contributed by atoms with Crippen LogP contribution >= 0.6 is 0 Å². The second kappa shape index (κ2) is 14.3. The van der Waals surface area contributed by atoms with Crippen molar-refractivity contribution in [2.75, 3.05) is 0 Å². The first-order valence-corrected chi connectivity index (χ1v) is 20.7. The van der Waals surface area contributed by atoms with Crippen LogP contribution in [0.15, 0.2) is 218 Å². The number of aromatic nitrogens is 4. The second-order valence-electron chi connectivity index (χ2n) is 15.6. The lowest BCUT2D eigenvalue weighted by atomic mass is 9.93. The molecule has 0 aliphatic carbocycles. The van der Waals surface area contributed by atoms with Gasteiger partial charge < -0.3 is 0 Å². The van der Waals surface area contributed by atoms with E-state index in [1.807, 2.05) is 6.07 Å². The molecule has 0 amide bonds. The third-order valence-corrected chi connectivity index (χ3v) is 12.0. The van der Waals surface area contributed by atoms with E-state index in [9.17, 15) is 0 Å². The van der Waals surface area contributed by atoms with Gasteiger partial charge >= 0.3 is 0 Å². The van der Waals surface area contributed by atoms with Crippen molar-refractivity contribution in [2.24, 2.45) is 0 Å². The second-order valence-corrected chi connectivity index (χ2v) is 15.6. The van der Waals surface area contributed by atoms with E-state index in [0.717, 1.165) is 78.0 Å². The zero-order valence-corrected chi connectivity index (χ0v) is 33.1. The summed E-state index contributed by atoms with van der Waals surface area (Å²) in [7, 11) is 0. The Balaban J connectivity index is 1.02. The quantitative estimate of drug-likeness (QED) is 0.158. The van der Waals surface area contributed by atoms with E-state index >= 15 is 0 Å². The summed E-state index contributed by atoms with van der Waals surface area (Å²) in [5.74, 6) is 0.689. The van der Waals surface area contributed by atoms with Crippen LogP contribution in [-0.2, 0) is 0 Å². The molecule has 4 nitrogen and oxygen atoms in total. The maximum Gasteiger partial charge on any atom is 0.160 e. The average Bonchev–Trinajstić information content (AvgIpc) is 3.76. The molecule has 284 valence electrons. The van der Waals surface area contributed by atoms with E-state index in [2.05, 4.69) is 217 Å². The molecule has 0 aliphatic heterocycles. The van der Waals surface area contributed by atoms with Gasteiger partial charge in [0, 0.05) is 38.8 Å². The van der Waals surface area contributed by atoms with Crippen LogP contribution in [0, 0.1) is 0 Å². The lowest BCUT2D eigenvalue weighted by Gasteiger charge is -2.13. The van der Waals surface area contributed by atoms with Gasteiger partial charge in [0.1, 0.15) is 5.69 Å². The largest absolute Gasteiger partial charge is 0.231 e. The Morgan fingerprint density at radius 2 is 0.770 bits per heavy atom. The maximum atomic E-state index is 5.41. The molecule has 0 spiro atoms. The Labute approximate surface area is 352 Å². The minimum atomic E-state index is 0.689. The Morgan fingerprint density at radius 3 is 1.39 bits per heavy atom. The predicted molar refractivity (Wildman–Crippen MR) is 253 cm³/mol. The van der Waals surface area contributed by atoms with Crippen LogP contribution < -0.4 is 0 Å². The molecule has 0 fully saturated rings. The molecule has 4 heteroatoms. The summed E-state index contributed by atoms with van der Waals surface area (Å²) in [4.78, 5) is 10.5. The average molecular weight is 777 g/mol. The van der Waals surface area contributed by atoms with Crippen LogP contribution in [0.4, 0.5) is 0 Å². The fraction of sp³-hybridized carbons (Fsp3) is 0. The minimum Gasteiger partial charge on any atom is -0.231 e. The van der Waals surface area contributed by atoms with Gasteiger partial charge in [-0.15, -0.1) is 0 Å². The molecule has 3 aromatic heterocycles. The highest BCUT2D eigenvalue weighted by Gasteiger charge is 2.22. The van der Waals surface area contributed by atoms with Gasteiger partial charge in [0.05, 0.1) is 22.6 Å². The number of benzene rings is 9. The van der Waals surface area contributed by atoms with Crippen molar-refractivity contribution in [2.45, 2.75) is 0 Å². The lowest BCUT2D eigenvalue weighted by molar-refractivity contribution is 0.979. The molecule has 0 radical (unpaired) electrons. The normalized spacial score (nSPS) is 11.6. The van der Waals surface area contributed by atoms with E-state index in [0.29, 0.717) is 5.82 Å². The molecule has 3 heterocycles. The van der Waals surface area contributed by atoms with Crippen LogP contribution in [0.5, 0.6) is 0 Å². The number of nitrogens with zero attached hydrogens (tertiary/aromatic N) is 4. The lowest BCUT2D eigenvalue weighted by Crippen LogP contribution is -1.97. The highest BCUT2D eigenvalue weighted by Crippen LogP contribution is 2.42. The fourth-order valence-corrected chi connectivity index (χ4v) is 9.11. The number of hydrogen-bond donors (Lipinski definition) is 0. The topological polar surface area (TPSA) is 43.1 Å². The van der Waals surface area contributed by atoms with Crippen molar-refractivity contribution in [3.63, 3.8) is 0 Å². The van der Waals surface area contributed by atoms with E-state index < -0.39 is 0 Å². The van der Waals surface area contributed by atoms with Crippen molar-refractivity contribution < 1.29 is 0 Å². The van der Waals surface area contributed by atoms with Gasteiger partial charge in [0.2, 0.25) is 0 Å². The van der Waals surface area contributed by atoms with E-state index in [-0.39, 0.29) is 0 Å². The molecule has 9 aromatic carbocycles. The molecule has 61 heavy (non-hydrogen) atoms. The van der Waals surface area contributed by atoms with Crippen LogP contribution in [0.2, 0.25) is 0 Å². The van der Waals surface area contributed by atoms with Crippen LogP contribution in [0.25, 0.3) is 116 Å². The maximum absolute atomic E-state index is 5.41. The Bertz CT molecular complexity index is 3580. The van der Waals surface area contributed by atoms with Gasteiger partial charge in [-0.3, -0.25) is 0 Å². The molecule has 0 atom stereocenters. The minimum absolute atomic E-state index is 0.689. The summed E-state index contributed by atoms with van der Waals surface area (Å²) in [5.41, 5.74) is 12.2. The summed E-state index contributed by atoms with van der Waals surface area (Å²) >= 11 is 0. The summed E-state index contributed by atoms with van der Waals surface area (Å²) in [5, 5.41) is 15.1. The van der Waals surface area contributed by atoms with Crippen LogP contribution in [0.3, 0.4) is 0 Å². The Morgan fingerprint density at radius 1 is 0.311 bits per heavy atom. The number of rotatable bonds is 6.